The average Bonchev–Trinajstić information content (AvgIpc) is 2.17. The van der Waals surface area contributed by atoms with Gasteiger partial charge in [0.05, 0.1) is 0 Å². The number of benzene rings is 1. The molecule has 0 bridgehead atoms. The second kappa shape index (κ2) is 6.04. The summed E-state index contributed by atoms with van der Waals surface area (Å²) >= 11 is 1.83. The average molecular weight is 213 g/mol. The third-order valence-corrected chi connectivity index (χ3v) is 3.02. The predicted molar refractivity (Wildman–Crippen MR) is 61.1 cm³/mol. The Bertz CT molecular complexity index is 278. The highest BCUT2D eigenvalue weighted by Crippen LogP contribution is 2.05. The largest absolute Gasteiger partial charge is 0.312 e. The SMILES string of the molecule is CSC(C)CNCc1cccc(F)c1. The molecule has 1 unspecified atom stereocenters. The van der Waals surface area contributed by atoms with Crippen molar-refractivity contribution in [2.75, 3.05) is 12.8 Å². The van der Waals surface area contributed by atoms with E-state index < -0.39 is 0 Å². The van der Waals surface area contributed by atoms with Crippen molar-refractivity contribution in [2.45, 2.75) is 18.7 Å². The summed E-state index contributed by atoms with van der Waals surface area (Å²) in [5, 5.41) is 3.89. The van der Waals surface area contributed by atoms with E-state index >= 15 is 0 Å². The van der Waals surface area contributed by atoms with Crippen LogP contribution in [0.15, 0.2) is 24.3 Å². The molecule has 1 N–H and O–H groups in total. The Balaban J connectivity index is 2.31. The van der Waals surface area contributed by atoms with E-state index in [1.807, 2.05) is 17.8 Å². The van der Waals surface area contributed by atoms with E-state index in [2.05, 4.69) is 18.5 Å². The first-order valence-electron chi connectivity index (χ1n) is 4.70. The van der Waals surface area contributed by atoms with Crippen LogP contribution in [-0.2, 0) is 6.54 Å². The van der Waals surface area contributed by atoms with Gasteiger partial charge in [0.15, 0.2) is 0 Å². The third-order valence-electron chi connectivity index (χ3n) is 2.05. The van der Waals surface area contributed by atoms with Crippen molar-refractivity contribution in [2.24, 2.45) is 0 Å². The van der Waals surface area contributed by atoms with Crippen molar-refractivity contribution < 1.29 is 4.39 Å². The molecule has 3 heteroatoms. The molecule has 0 aromatic heterocycles. The summed E-state index contributed by atoms with van der Waals surface area (Å²) in [4.78, 5) is 0. The summed E-state index contributed by atoms with van der Waals surface area (Å²) in [5.41, 5.74) is 0.998. The zero-order valence-electron chi connectivity index (χ0n) is 8.59. The summed E-state index contributed by atoms with van der Waals surface area (Å²) in [6.45, 7) is 3.86. The summed E-state index contributed by atoms with van der Waals surface area (Å²) in [5.74, 6) is -0.165. The first kappa shape index (κ1) is 11.5. The Morgan fingerprint density at radius 3 is 2.93 bits per heavy atom. The Morgan fingerprint density at radius 1 is 1.50 bits per heavy atom. The summed E-state index contributed by atoms with van der Waals surface area (Å²) in [6.07, 6.45) is 2.09. The number of hydrogen-bond donors (Lipinski definition) is 1. The van der Waals surface area contributed by atoms with Crippen LogP contribution in [-0.4, -0.2) is 18.1 Å². The van der Waals surface area contributed by atoms with Gasteiger partial charge in [0, 0.05) is 18.3 Å². The second-order valence-electron chi connectivity index (χ2n) is 3.31. The molecular formula is C11H16FNS. The maximum absolute atomic E-state index is 12.8. The van der Waals surface area contributed by atoms with E-state index in [4.69, 9.17) is 0 Å². The van der Waals surface area contributed by atoms with Crippen molar-refractivity contribution in [3.8, 4) is 0 Å². The molecule has 1 aromatic carbocycles. The number of halogens is 1. The van der Waals surface area contributed by atoms with Gasteiger partial charge in [-0.05, 0) is 24.0 Å². The second-order valence-corrected chi connectivity index (χ2v) is 4.58. The van der Waals surface area contributed by atoms with Gasteiger partial charge < -0.3 is 5.32 Å². The fourth-order valence-electron chi connectivity index (χ4n) is 1.15. The molecule has 14 heavy (non-hydrogen) atoms. The van der Waals surface area contributed by atoms with E-state index in [9.17, 15) is 4.39 Å². The van der Waals surface area contributed by atoms with E-state index in [0.29, 0.717) is 5.25 Å². The van der Waals surface area contributed by atoms with Gasteiger partial charge in [-0.15, -0.1) is 0 Å². The molecule has 0 aliphatic rings. The lowest BCUT2D eigenvalue weighted by molar-refractivity contribution is 0.620. The monoisotopic (exact) mass is 213 g/mol. The van der Waals surface area contributed by atoms with Gasteiger partial charge in [-0.3, -0.25) is 0 Å². The molecule has 78 valence electrons. The van der Waals surface area contributed by atoms with E-state index in [1.165, 1.54) is 6.07 Å². The molecule has 0 saturated carbocycles. The zero-order valence-corrected chi connectivity index (χ0v) is 9.40. The molecule has 0 spiro atoms. The topological polar surface area (TPSA) is 12.0 Å². The smallest absolute Gasteiger partial charge is 0.123 e. The quantitative estimate of drug-likeness (QED) is 0.807. The third kappa shape index (κ3) is 4.11. The fraction of sp³-hybridized carbons (Fsp3) is 0.455. The highest BCUT2D eigenvalue weighted by Gasteiger charge is 1.98. The number of thioether (sulfide) groups is 1. The molecule has 0 aliphatic heterocycles. The van der Waals surface area contributed by atoms with Crippen LogP contribution in [0.5, 0.6) is 0 Å². The minimum Gasteiger partial charge on any atom is -0.312 e. The van der Waals surface area contributed by atoms with Gasteiger partial charge in [-0.2, -0.15) is 11.8 Å². The highest BCUT2D eigenvalue weighted by molar-refractivity contribution is 7.99. The zero-order chi connectivity index (χ0) is 10.4. The lowest BCUT2D eigenvalue weighted by Crippen LogP contribution is -2.22. The lowest BCUT2D eigenvalue weighted by atomic mass is 10.2. The lowest BCUT2D eigenvalue weighted by Gasteiger charge is -2.09. The Morgan fingerprint density at radius 2 is 2.29 bits per heavy atom. The molecule has 0 amide bonds. The van der Waals surface area contributed by atoms with Crippen molar-refractivity contribution in [3.63, 3.8) is 0 Å². The van der Waals surface area contributed by atoms with E-state index in [0.717, 1.165) is 18.7 Å². The molecule has 0 aliphatic carbocycles. The van der Waals surface area contributed by atoms with Crippen LogP contribution in [0.2, 0.25) is 0 Å². The molecule has 1 rings (SSSR count). The Kier molecular flexibility index (Phi) is 4.98. The number of nitrogens with one attached hydrogen (secondary N) is 1. The van der Waals surface area contributed by atoms with E-state index in [-0.39, 0.29) is 5.82 Å². The first-order valence-corrected chi connectivity index (χ1v) is 5.99. The van der Waals surface area contributed by atoms with Crippen LogP contribution >= 0.6 is 11.8 Å². The van der Waals surface area contributed by atoms with Crippen molar-refractivity contribution in [1.82, 2.24) is 5.32 Å². The van der Waals surface area contributed by atoms with Gasteiger partial charge in [0.1, 0.15) is 5.82 Å². The molecule has 0 saturated heterocycles. The normalized spacial score (nSPS) is 12.8. The number of hydrogen-bond acceptors (Lipinski definition) is 2. The van der Waals surface area contributed by atoms with Crippen LogP contribution in [0, 0.1) is 5.82 Å². The molecule has 1 aromatic rings. The summed E-state index contributed by atoms with van der Waals surface area (Å²) in [6, 6.07) is 6.70. The molecule has 1 nitrogen and oxygen atoms in total. The first-order chi connectivity index (χ1) is 6.72. The summed E-state index contributed by atoms with van der Waals surface area (Å²) in [7, 11) is 0. The van der Waals surface area contributed by atoms with Crippen molar-refractivity contribution in [3.05, 3.63) is 35.6 Å². The van der Waals surface area contributed by atoms with Gasteiger partial charge in [-0.25, -0.2) is 4.39 Å². The molecule has 0 heterocycles. The van der Waals surface area contributed by atoms with Crippen LogP contribution in [0.25, 0.3) is 0 Å². The van der Waals surface area contributed by atoms with Gasteiger partial charge >= 0.3 is 0 Å². The van der Waals surface area contributed by atoms with Crippen LogP contribution in [0.1, 0.15) is 12.5 Å². The van der Waals surface area contributed by atoms with Crippen molar-refractivity contribution in [1.29, 1.82) is 0 Å². The standard InChI is InChI=1S/C11H16FNS/c1-9(14-2)7-13-8-10-4-3-5-11(12)6-10/h3-6,9,13H,7-8H2,1-2H3. The van der Waals surface area contributed by atoms with Crippen LogP contribution < -0.4 is 5.32 Å². The van der Waals surface area contributed by atoms with E-state index in [1.54, 1.807) is 12.1 Å². The number of rotatable bonds is 5. The highest BCUT2D eigenvalue weighted by atomic mass is 32.2. The Hall–Kier alpha value is -0.540. The fourth-order valence-corrected chi connectivity index (χ4v) is 1.43. The molecule has 0 fully saturated rings. The van der Waals surface area contributed by atoms with Gasteiger partial charge in [-0.1, -0.05) is 19.1 Å². The maximum atomic E-state index is 12.8. The van der Waals surface area contributed by atoms with Gasteiger partial charge in [0.25, 0.3) is 0 Å². The molecular weight excluding hydrogens is 197 g/mol. The summed E-state index contributed by atoms with van der Waals surface area (Å²) < 4.78 is 12.8. The Labute approximate surface area is 89.1 Å². The predicted octanol–water partition coefficient (Wildman–Crippen LogP) is 2.67. The molecule has 1 atom stereocenters. The maximum Gasteiger partial charge on any atom is 0.123 e. The van der Waals surface area contributed by atoms with Crippen LogP contribution in [0.3, 0.4) is 0 Å². The molecule has 0 radical (unpaired) electrons. The minimum atomic E-state index is -0.165. The van der Waals surface area contributed by atoms with Gasteiger partial charge in [0.2, 0.25) is 0 Å². The van der Waals surface area contributed by atoms with Crippen LogP contribution in [0.4, 0.5) is 4.39 Å². The minimum absolute atomic E-state index is 0.165. The van der Waals surface area contributed by atoms with Crippen molar-refractivity contribution >= 4 is 11.8 Å².